The molecular formula is C18H22O3. The molecule has 0 aliphatic heterocycles. The minimum Gasteiger partial charge on any atom is -0.497 e. The van der Waals surface area contributed by atoms with Crippen LogP contribution in [0.2, 0.25) is 0 Å². The van der Waals surface area contributed by atoms with Gasteiger partial charge in [-0.15, -0.1) is 0 Å². The van der Waals surface area contributed by atoms with Crippen molar-refractivity contribution in [1.29, 1.82) is 0 Å². The van der Waals surface area contributed by atoms with Crippen molar-refractivity contribution in [3.05, 3.63) is 47.6 Å². The molecule has 0 spiro atoms. The zero-order chi connectivity index (χ0) is 15.1. The molecule has 1 aliphatic rings. The van der Waals surface area contributed by atoms with E-state index < -0.39 is 0 Å². The van der Waals surface area contributed by atoms with Crippen molar-refractivity contribution in [2.75, 3.05) is 13.7 Å². The fourth-order valence-corrected chi connectivity index (χ4v) is 2.51. The lowest BCUT2D eigenvalue weighted by Gasteiger charge is -2.09. The quantitative estimate of drug-likeness (QED) is 0.616. The van der Waals surface area contributed by atoms with Crippen molar-refractivity contribution in [3.63, 3.8) is 0 Å². The van der Waals surface area contributed by atoms with Crippen molar-refractivity contribution in [2.24, 2.45) is 0 Å². The van der Waals surface area contributed by atoms with Crippen molar-refractivity contribution >= 4 is 11.5 Å². The number of esters is 1. The normalized spacial score (nSPS) is 17.0. The Kier molecular flexibility index (Phi) is 5.61. The number of methoxy groups -OCH3 is 1. The molecule has 0 unspecified atom stereocenters. The SMILES string of the molecule is CCOC(=O)/C=C1/CCCC=C(c2ccc(OC)cc2)C1. The van der Waals surface area contributed by atoms with Gasteiger partial charge >= 0.3 is 5.97 Å². The summed E-state index contributed by atoms with van der Waals surface area (Å²) in [6.45, 7) is 2.25. The molecule has 0 aromatic heterocycles. The number of allylic oxidation sites excluding steroid dienone is 3. The first-order valence-corrected chi connectivity index (χ1v) is 7.42. The fraction of sp³-hybridized carbons (Fsp3) is 0.389. The third-order valence-corrected chi connectivity index (χ3v) is 3.58. The molecule has 0 saturated carbocycles. The Morgan fingerprint density at radius 1 is 1.29 bits per heavy atom. The van der Waals surface area contributed by atoms with Crippen LogP contribution in [0.15, 0.2) is 42.0 Å². The van der Waals surface area contributed by atoms with Crippen LogP contribution >= 0.6 is 0 Å². The lowest BCUT2D eigenvalue weighted by atomic mass is 9.98. The zero-order valence-corrected chi connectivity index (χ0v) is 12.7. The van der Waals surface area contributed by atoms with Crippen LogP contribution in [0.5, 0.6) is 5.75 Å². The molecule has 2 rings (SSSR count). The van der Waals surface area contributed by atoms with Crippen molar-refractivity contribution in [2.45, 2.75) is 32.6 Å². The Balaban J connectivity index is 2.14. The lowest BCUT2D eigenvalue weighted by Crippen LogP contribution is -2.01. The molecule has 3 heteroatoms. The largest absolute Gasteiger partial charge is 0.497 e. The summed E-state index contributed by atoms with van der Waals surface area (Å²) in [5.74, 6) is 0.624. The molecule has 1 aliphatic carbocycles. The highest BCUT2D eigenvalue weighted by molar-refractivity contribution is 5.83. The summed E-state index contributed by atoms with van der Waals surface area (Å²) in [6, 6.07) is 8.07. The Morgan fingerprint density at radius 2 is 2.05 bits per heavy atom. The van der Waals surface area contributed by atoms with Crippen molar-refractivity contribution in [1.82, 2.24) is 0 Å². The van der Waals surface area contributed by atoms with E-state index in [1.807, 2.05) is 19.1 Å². The molecule has 0 fully saturated rings. The van der Waals surface area contributed by atoms with Gasteiger partial charge in [0.05, 0.1) is 13.7 Å². The van der Waals surface area contributed by atoms with E-state index in [1.165, 1.54) is 11.1 Å². The third-order valence-electron chi connectivity index (χ3n) is 3.58. The topological polar surface area (TPSA) is 35.5 Å². The summed E-state index contributed by atoms with van der Waals surface area (Å²) in [6.07, 6.45) is 7.81. The van der Waals surface area contributed by atoms with Gasteiger partial charge in [0.2, 0.25) is 0 Å². The monoisotopic (exact) mass is 286 g/mol. The molecule has 0 saturated heterocycles. The first-order valence-electron chi connectivity index (χ1n) is 7.42. The highest BCUT2D eigenvalue weighted by Crippen LogP contribution is 2.30. The average molecular weight is 286 g/mol. The molecule has 112 valence electrons. The number of carbonyl (C=O) groups excluding carboxylic acids is 1. The second-order valence-corrected chi connectivity index (χ2v) is 5.08. The Bertz CT molecular complexity index is 538. The van der Waals surface area contributed by atoms with Crippen LogP contribution in [0, 0.1) is 0 Å². The Labute approximate surface area is 126 Å². The maximum Gasteiger partial charge on any atom is 0.330 e. The summed E-state index contributed by atoms with van der Waals surface area (Å²) < 4.78 is 10.2. The van der Waals surface area contributed by atoms with E-state index in [4.69, 9.17) is 9.47 Å². The van der Waals surface area contributed by atoms with Crippen LogP contribution < -0.4 is 4.74 Å². The van der Waals surface area contributed by atoms with E-state index in [2.05, 4.69) is 18.2 Å². The van der Waals surface area contributed by atoms with Gasteiger partial charge in [-0.2, -0.15) is 0 Å². The van der Waals surface area contributed by atoms with Gasteiger partial charge < -0.3 is 9.47 Å². The highest BCUT2D eigenvalue weighted by atomic mass is 16.5. The van der Waals surface area contributed by atoms with Gasteiger partial charge in [-0.05, 0) is 55.9 Å². The fourth-order valence-electron chi connectivity index (χ4n) is 2.51. The van der Waals surface area contributed by atoms with E-state index in [9.17, 15) is 4.79 Å². The van der Waals surface area contributed by atoms with Gasteiger partial charge in [-0.3, -0.25) is 0 Å². The minimum atomic E-state index is -0.233. The van der Waals surface area contributed by atoms with Crippen molar-refractivity contribution in [3.8, 4) is 5.75 Å². The number of ether oxygens (including phenoxy) is 2. The summed E-state index contributed by atoms with van der Waals surface area (Å²) in [5.41, 5.74) is 3.60. The first-order chi connectivity index (χ1) is 10.2. The van der Waals surface area contributed by atoms with Crippen LogP contribution in [0.3, 0.4) is 0 Å². The number of hydrogen-bond donors (Lipinski definition) is 0. The molecular weight excluding hydrogens is 264 g/mol. The predicted octanol–water partition coefficient (Wildman–Crippen LogP) is 4.14. The van der Waals surface area contributed by atoms with E-state index >= 15 is 0 Å². The van der Waals surface area contributed by atoms with E-state index in [0.717, 1.165) is 37.0 Å². The molecule has 0 atom stereocenters. The second kappa shape index (κ2) is 7.67. The van der Waals surface area contributed by atoms with Crippen LogP contribution in [-0.2, 0) is 9.53 Å². The Morgan fingerprint density at radius 3 is 2.71 bits per heavy atom. The number of carbonyl (C=O) groups is 1. The molecule has 3 nitrogen and oxygen atoms in total. The molecule has 0 heterocycles. The maximum absolute atomic E-state index is 11.6. The summed E-state index contributed by atoms with van der Waals surface area (Å²) in [4.78, 5) is 11.6. The molecule has 0 amide bonds. The van der Waals surface area contributed by atoms with Gasteiger partial charge in [0.25, 0.3) is 0 Å². The minimum absolute atomic E-state index is 0.233. The van der Waals surface area contributed by atoms with E-state index in [1.54, 1.807) is 13.2 Å². The number of hydrogen-bond acceptors (Lipinski definition) is 3. The Hall–Kier alpha value is -2.03. The summed E-state index contributed by atoms with van der Waals surface area (Å²) >= 11 is 0. The van der Waals surface area contributed by atoms with E-state index in [0.29, 0.717) is 6.61 Å². The lowest BCUT2D eigenvalue weighted by molar-refractivity contribution is -0.137. The van der Waals surface area contributed by atoms with Crippen LogP contribution in [0.25, 0.3) is 5.57 Å². The molecule has 1 aromatic carbocycles. The smallest absolute Gasteiger partial charge is 0.330 e. The van der Waals surface area contributed by atoms with Gasteiger partial charge in [-0.25, -0.2) is 4.79 Å². The van der Waals surface area contributed by atoms with Crippen molar-refractivity contribution < 1.29 is 14.3 Å². The summed E-state index contributed by atoms with van der Waals surface area (Å²) in [7, 11) is 1.67. The van der Waals surface area contributed by atoms with E-state index in [-0.39, 0.29) is 5.97 Å². The van der Waals surface area contributed by atoms with Gasteiger partial charge in [0.15, 0.2) is 0 Å². The van der Waals surface area contributed by atoms with Gasteiger partial charge in [0.1, 0.15) is 5.75 Å². The highest BCUT2D eigenvalue weighted by Gasteiger charge is 2.11. The molecule has 0 radical (unpaired) electrons. The molecule has 21 heavy (non-hydrogen) atoms. The van der Waals surface area contributed by atoms with Crippen LogP contribution in [0.1, 0.15) is 38.2 Å². The zero-order valence-electron chi connectivity index (χ0n) is 12.7. The van der Waals surface area contributed by atoms with Crippen LogP contribution in [-0.4, -0.2) is 19.7 Å². The summed E-state index contributed by atoms with van der Waals surface area (Å²) in [5, 5.41) is 0. The van der Waals surface area contributed by atoms with Gasteiger partial charge in [0, 0.05) is 6.08 Å². The first kappa shape index (κ1) is 15.4. The van der Waals surface area contributed by atoms with Crippen LogP contribution in [0.4, 0.5) is 0 Å². The van der Waals surface area contributed by atoms with Gasteiger partial charge in [-0.1, -0.05) is 23.8 Å². The third kappa shape index (κ3) is 4.48. The average Bonchev–Trinajstić information content (AvgIpc) is 2.73. The predicted molar refractivity (Wildman–Crippen MR) is 84.2 cm³/mol. The molecule has 0 N–H and O–H groups in total. The number of benzene rings is 1. The standard InChI is InChI=1S/C18H22O3/c1-3-21-18(19)13-14-6-4-5-7-16(12-14)15-8-10-17(20-2)11-9-15/h7-11,13H,3-6,12H2,1-2H3/b14-13-. The molecule has 0 bridgehead atoms. The maximum atomic E-state index is 11.6. The number of rotatable bonds is 4. The molecule has 1 aromatic rings. The second-order valence-electron chi connectivity index (χ2n) is 5.08.